The third kappa shape index (κ3) is 3.88. The van der Waals surface area contributed by atoms with Gasteiger partial charge < -0.3 is 16.8 Å². The molecule has 4 nitrogen and oxygen atoms in total. The number of rotatable bonds is 6. The van der Waals surface area contributed by atoms with Crippen LogP contribution >= 0.6 is 0 Å². The topological polar surface area (TPSA) is 81.1 Å². The van der Waals surface area contributed by atoms with Gasteiger partial charge in [-0.15, -0.1) is 0 Å². The minimum atomic E-state index is -0.422. The van der Waals surface area contributed by atoms with E-state index in [1.54, 1.807) is 18.2 Å². The highest BCUT2D eigenvalue weighted by molar-refractivity contribution is 5.94. The summed E-state index contributed by atoms with van der Waals surface area (Å²) in [6, 6.07) is 5.11. The van der Waals surface area contributed by atoms with Crippen molar-refractivity contribution in [3.8, 4) is 0 Å². The Morgan fingerprint density at radius 3 is 2.74 bits per heavy atom. The summed E-state index contributed by atoms with van der Waals surface area (Å²) >= 11 is 0. The molecule has 0 bridgehead atoms. The third-order valence-corrected chi connectivity index (χ3v) is 3.92. The molecule has 2 rings (SSSR count). The lowest BCUT2D eigenvalue weighted by Crippen LogP contribution is -2.12. The molecule has 1 aromatic carbocycles. The van der Waals surface area contributed by atoms with Gasteiger partial charge in [-0.1, -0.05) is 25.7 Å². The summed E-state index contributed by atoms with van der Waals surface area (Å²) in [6.45, 7) is 0.892. The minimum Gasteiger partial charge on any atom is -0.397 e. The van der Waals surface area contributed by atoms with E-state index in [9.17, 15) is 4.79 Å². The lowest BCUT2D eigenvalue weighted by atomic mass is 10.0. The lowest BCUT2D eigenvalue weighted by molar-refractivity contribution is 0.100. The second-order valence-electron chi connectivity index (χ2n) is 5.39. The molecule has 1 amide bonds. The van der Waals surface area contributed by atoms with Crippen LogP contribution in [0.25, 0.3) is 0 Å². The van der Waals surface area contributed by atoms with Crippen LogP contribution in [0, 0.1) is 5.92 Å². The molecule has 0 aliphatic heterocycles. The van der Waals surface area contributed by atoms with E-state index in [1.165, 1.54) is 32.1 Å². The van der Waals surface area contributed by atoms with E-state index in [1.807, 2.05) is 0 Å². The molecule has 104 valence electrons. The fraction of sp³-hybridized carbons (Fsp3) is 0.533. The molecule has 1 aliphatic rings. The van der Waals surface area contributed by atoms with Gasteiger partial charge in [-0.3, -0.25) is 4.79 Å². The number of anilines is 2. The molecule has 1 fully saturated rings. The van der Waals surface area contributed by atoms with Crippen molar-refractivity contribution in [2.45, 2.75) is 38.5 Å². The standard InChI is InChI=1S/C15H23N3O/c16-13-8-7-12(15(17)19)10-14(13)18-9-3-6-11-4-1-2-5-11/h7-8,10-11,18H,1-6,9,16H2,(H2,17,19). The Kier molecular flexibility index (Phi) is 4.66. The van der Waals surface area contributed by atoms with E-state index in [0.29, 0.717) is 11.3 Å². The quantitative estimate of drug-likeness (QED) is 0.544. The first-order valence-corrected chi connectivity index (χ1v) is 7.10. The van der Waals surface area contributed by atoms with E-state index < -0.39 is 5.91 Å². The van der Waals surface area contributed by atoms with E-state index in [2.05, 4.69) is 5.32 Å². The summed E-state index contributed by atoms with van der Waals surface area (Å²) in [7, 11) is 0. The number of hydrogen-bond acceptors (Lipinski definition) is 3. The summed E-state index contributed by atoms with van der Waals surface area (Å²) in [4.78, 5) is 11.1. The van der Waals surface area contributed by atoms with E-state index in [0.717, 1.165) is 24.6 Å². The lowest BCUT2D eigenvalue weighted by Gasteiger charge is -2.12. The summed E-state index contributed by atoms with van der Waals surface area (Å²) < 4.78 is 0. The number of carbonyl (C=O) groups is 1. The number of carbonyl (C=O) groups excluding carboxylic acids is 1. The molecule has 0 unspecified atom stereocenters. The van der Waals surface area contributed by atoms with E-state index >= 15 is 0 Å². The van der Waals surface area contributed by atoms with Gasteiger partial charge in [-0.05, 0) is 37.0 Å². The normalized spacial score (nSPS) is 15.6. The zero-order valence-corrected chi connectivity index (χ0v) is 11.3. The molecule has 0 heterocycles. The predicted molar refractivity (Wildman–Crippen MR) is 79.1 cm³/mol. The first kappa shape index (κ1) is 13.7. The van der Waals surface area contributed by atoms with Crippen molar-refractivity contribution in [3.63, 3.8) is 0 Å². The molecular formula is C15H23N3O. The largest absolute Gasteiger partial charge is 0.397 e. The zero-order chi connectivity index (χ0) is 13.7. The SMILES string of the molecule is NC(=O)c1ccc(N)c(NCCCC2CCCC2)c1. The summed E-state index contributed by atoms with van der Waals surface area (Å²) in [5.74, 6) is 0.491. The van der Waals surface area contributed by atoms with Gasteiger partial charge in [0.05, 0.1) is 11.4 Å². The maximum absolute atomic E-state index is 11.1. The number of primary amides is 1. The molecule has 5 N–H and O–H groups in total. The van der Waals surface area contributed by atoms with E-state index in [4.69, 9.17) is 11.5 Å². The van der Waals surface area contributed by atoms with Crippen LogP contribution in [0.1, 0.15) is 48.9 Å². The number of benzene rings is 1. The van der Waals surface area contributed by atoms with Crippen LogP contribution < -0.4 is 16.8 Å². The first-order valence-electron chi connectivity index (χ1n) is 7.10. The van der Waals surface area contributed by atoms with Crippen LogP contribution in [0.3, 0.4) is 0 Å². The molecule has 0 radical (unpaired) electrons. The number of nitrogen functional groups attached to an aromatic ring is 1. The Hall–Kier alpha value is -1.71. The number of amides is 1. The molecule has 0 atom stereocenters. The maximum atomic E-state index is 11.1. The van der Waals surface area contributed by atoms with Crippen molar-refractivity contribution in [1.29, 1.82) is 0 Å². The summed E-state index contributed by atoms with van der Waals surface area (Å²) in [5, 5.41) is 3.30. The third-order valence-electron chi connectivity index (χ3n) is 3.92. The van der Waals surface area contributed by atoms with Gasteiger partial charge in [0.15, 0.2) is 0 Å². The Labute approximate surface area is 114 Å². The van der Waals surface area contributed by atoms with Crippen LogP contribution in [0.15, 0.2) is 18.2 Å². The first-order chi connectivity index (χ1) is 9.16. The van der Waals surface area contributed by atoms with Crippen molar-refractivity contribution in [1.82, 2.24) is 0 Å². The van der Waals surface area contributed by atoms with E-state index in [-0.39, 0.29) is 0 Å². The highest BCUT2D eigenvalue weighted by atomic mass is 16.1. The monoisotopic (exact) mass is 261 g/mol. The minimum absolute atomic E-state index is 0.422. The zero-order valence-electron chi connectivity index (χ0n) is 11.3. The summed E-state index contributed by atoms with van der Waals surface area (Å²) in [5.41, 5.74) is 13.1. The number of nitrogens with two attached hydrogens (primary N) is 2. The van der Waals surface area contributed by atoms with Crippen molar-refractivity contribution in [2.75, 3.05) is 17.6 Å². The van der Waals surface area contributed by atoms with Crippen LogP contribution in [0.2, 0.25) is 0 Å². The smallest absolute Gasteiger partial charge is 0.248 e. The summed E-state index contributed by atoms with van der Waals surface area (Å²) in [6.07, 6.45) is 7.99. The predicted octanol–water partition coefficient (Wildman–Crippen LogP) is 2.75. The van der Waals surface area contributed by atoms with Gasteiger partial charge in [0.2, 0.25) is 5.91 Å². The Bertz CT molecular complexity index is 439. The highest BCUT2D eigenvalue weighted by Crippen LogP contribution is 2.28. The molecule has 0 saturated heterocycles. The number of nitrogens with one attached hydrogen (secondary N) is 1. The molecule has 1 aromatic rings. The van der Waals surface area contributed by atoms with Gasteiger partial charge >= 0.3 is 0 Å². The fourth-order valence-corrected chi connectivity index (χ4v) is 2.78. The van der Waals surface area contributed by atoms with Gasteiger partial charge in [-0.2, -0.15) is 0 Å². The van der Waals surface area contributed by atoms with Crippen molar-refractivity contribution >= 4 is 17.3 Å². The van der Waals surface area contributed by atoms with Crippen molar-refractivity contribution < 1.29 is 4.79 Å². The van der Waals surface area contributed by atoms with Crippen molar-refractivity contribution in [2.24, 2.45) is 11.7 Å². The van der Waals surface area contributed by atoms with Crippen LogP contribution in [0.5, 0.6) is 0 Å². The molecule has 1 aliphatic carbocycles. The molecule has 1 saturated carbocycles. The Morgan fingerprint density at radius 1 is 1.32 bits per heavy atom. The highest BCUT2D eigenvalue weighted by Gasteiger charge is 2.14. The molecular weight excluding hydrogens is 238 g/mol. The average molecular weight is 261 g/mol. The molecule has 0 spiro atoms. The second kappa shape index (κ2) is 6.45. The van der Waals surface area contributed by atoms with Gasteiger partial charge in [-0.25, -0.2) is 0 Å². The molecule has 4 heteroatoms. The maximum Gasteiger partial charge on any atom is 0.248 e. The second-order valence-corrected chi connectivity index (χ2v) is 5.39. The van der Waals surface area contributed by atoms with Gasteiger partial charge in [0, 0.05) is 12.1 Å². The molecule has 19 heavy (non-hydrogen) atoms. The van der Waals surface area contributed by atoms with Crippen LogP contribution in [0.4, 0.5) is 11.4 Å². The fourth-order valence-electron chi connectivity index (χ4n) is 2.78. The van der Waals surface area contributed by atoms with Crippen molar-refractivity contribution in [3.05, 3.63) is 23.8 Å². The van der Waals surface area contributed by atoms with Gasteiger partial charge in [0.25, 0.3) is 0 Å². The van der Waals surface area contributed by atoms with Crippen LogP contribution in [-0.4, -0.2) is 12.5 Å². The Morgan fingerprint density at radius 2 is 2.05 bits per heavy atom. The number of hydrogen-bond donors (Lipinski definition) is 3. The van der Waals surface area contributed by atoms with Gasteiger partial charge in [0.1, 0.15) is 0 Å². The van der Waals surface area contributed by atoms with Crippen LogP contribution in [-0.2, 0) is 0 Å². The average Bonchev–Trinajstić information content (AvgIpc) is 2.89. The molecule has 0 aromatic heterocycles. The Balaban J connectivity index is 1.81.